The molecule has 0 spiro atoms. The molecule has 0 bridgehead atoms. The number of ether oxygens (including phenoxy) is 1. The largest absolute Gasteiger partial charge is 0.491 e. The van der Waals surface area contributed by atoms with Crippen LogP contribution in [-0.4, -0.2) is 33.2 Å². The number of nitrogens with one attached hydrogen (secondary N) is 2. The van der Waals surface area contributed by atoms with Crippen LogP contribution in [0.4, 0.5) is 5.69 Å². The van der Waals surface area contributed by atoms with Crippen LogP contribution in [0.3, 0.4) is 0 Å². The minimum atomic E-state index is -3.65. The van der Waals surface area contributed by atoms with Crippen LogP contribution in [-0.2, 0) is 21.2 Å². The summed E-state index contributed by atoms with van der Waals surface area (Å²) in [7, 11) is -3.65. The van der Waals surface area contributed by atoms with Gasteiger partial charge in [0.15, 0.2) is 0 Å². The maximum absolute atomic E-state index is 12.6. The molecule has 0 saturated carbocycles. The molecule has 8 heteroatoms. The van der Waals surface area contributed by atoms with Gasteiger partial charge < -0.3 is 10.1 Å². The highest BCUT2D eigenvalue weighted by Crippen LogP contribution is 2.28. The molecule has 2 aromatic rings. The fourth-order valence-electron chi connectivity index (χ4n) is 2.73. The van der Waals surface area contributed by atoms with Crippen molar-refractivity contribution >= 4 is 33.4 Å². The second-order valence-electron chi connectivity index (χ2n) is 6.86. The summed E-state index contributed by atoms with van der Waals surface area (Å²) in [4.78, 5) is 12.3. The number of anilines is 1. The summed E-state index contributed by atoms with van der Waals surface area (Å²) in [6.07, 6.45) is 3.43. The summed E-state index contributed by atoms with van der Waals surface area (Å²) in [5.74, 6) is 0.584. The lowest BCUT2D eigenvalue weighted by Crippen LogP contribution is -2.25. The minimum Gasteiger partial charge on any atom is -0.491 e. The second-order valence-corrected chi connectivity index (χ2v) is 9.47. The van der Waals surface area contributed by atoms with Gasteiger partial charge in [-0.05, 0) is 68.8 Å². The van der Waals surface area contributed by atoms with Gasteiger partial charge in [0.2, 0.25) is 15.9 Å². The first-order valence-corrected chi connectivity index (χ1v) is 12.1. The van der Waals surface area contributed by atoms with Gasteiger partial charge in [-0.3, -0.25) is 4.79 Å². The third-order valence-corrected chi connectivity index (χ3v) is 6.28. The Balaban J connectivity index is 1.93. The van der Waals surface area contributed by atoms with E-state index in [4.69, 9.17) is 4.74 Å². The number of hydrogen-bond donors (Lipinski definition) is 2. The van der Waals surface area contributed by atoms with Crippen LogP contribution in [0.1, 0.15) is 32.8 Å². The maximum atomic E-state index is 12.6. The summed E-state index contributed by atoms with van der Waals surface area (Å²) in [6, 6.07) is 12.6. The van der Waals surface area contributed by atoms with Crippen LogP contribution in [0.2, 0.25) is 0 Å². The molecule has 29 heavy (non-hydrogen) atoms. The normalized spacial score (nSPS) is 11.5. The van der Waals surface area contributed by atoms with E-state index >= 15 is 0 Å². The van der Waals surface area contributed by atoms with Crippen LogP contribution in [0.5, 0.6) is 5.75 Å². The fraction of sp³-hybridized carbons (Fsp3) is 0.381. The third kappa shape index (κ3) is 7.38. The molecule has 0 heterocycles. The van der Waals surface area contributed by atoms with Gasteiger partial charge in [0.05, 0.1) is 16.7 Å². The number of hydrogen-bond acceptors (Lipinski definition) is 5. The van der Waals surface area contributed by atoms with E-state index in [-0.39, 0.29) is 16.9 Å². The number of carbonyl (C=O) groups excluding carboxylic acids is 1. The Morgan fingerprint density at radius 3 is 2.41 bits per heavy atom. The standard InChI is InChI=1S/C21H28N2O4S2/c1-15(2)27-18-9-7-17(8-10-18)6-5-13-22-29(25,26)19-11-12-21(28-4)20(14-19)23-16(3)24/h7-12,14-15,22H,5-6,13H2,1-4H3,(H,23,24). The molecule has 2 rings (SSSR count). The van der Waals surface area contributed by atoms with Gasteiger partial charge in [0, 0.05) is 18.4 Å². The van der Waals surface area contributed by atoms with Gasteiger partial charge in [0.25, 0.3) is 0 Å². The van der Waals surface area contributed by atoms with Crippen molar-refractivity contribution in [2.75, 3.05) is 18.1 Å². The lowest BCUT2D eigenvalue weighted by molar-refractivity contribution is -0.114. The summed E-state index contributed by atoms with van der Waals surface area (Å²) in [5, 5.41) is 2.68. The van der Waals surface area contributed by atoms with Crippen molar-refractivity contribution in [1.29, 1.82) is 0 Å². The summed E-state index contributed by atoms with van der Waals surface area (Å²) < 4.78 is 33.4. The van der Waals surface area contributed by atoms with Gasteiger partial charge in [0.1, 0.15) is 5.75 Å². The highest BCUT2D eigenvalue weighted by Gasteiger charge is 2.16. The number of benzene rings is 2. The predicted octanol–water partition coefficient (Wildman–Crippen LogP) is 4.07. The van der Waals surface area contributed by atoms with Crippen molar-refractivity contribution < 1.29 is 17.9 Å². The lowest BCUT2D eigenvalue weighted by Gasteiger charge is -2.12. The molecule has 0 saturated heterocycles. The molecule has 0 aliphatic carbocycles. The van der Waals surface area contributed by atoms with E-state index in [2.05, 4.69) is 10.0 Å². The first-order chi connectivity index (χ1) is 13.7. The van der Waals surface area contributed by atoms with Crippen LogP contribution in [0.25, 0.3) is 0 Å². The molecule has 0 aliphatic rings. The van der Waals surface area contributed by atoms with E-state index in [1.54, 1.807) is 12.1 Å². The molecule has 6 nitrogen and oxygen atoms in total. The average Bonchev–Trinajstić information content (AvgIpc) is 2.65. The van der Waals surface area contributed by atoms with Crippen molar-refractivity contribution in [3.63, 3.8) is 0 Å². The number of amides is 1. The van der Waals surface area contributed by atoms with Crippen LogP contribution >= 0.6 is 11.8 Å². The highest BCUT2D eigenvalue weighted by atomic mass is 32.2. The number of carbonyl (C=O) groups is 1. The molecule has 1 amide bonds. The predicted molar refractivity (Wildman–Crippen MR) is 118 cm³/mol. The Labute approximate surface area is 177 Å². The van der Waals surface area contributed by atoms with Crippen molar-refractivity contribution in [2.24, 2.45) is 0 Å². The van der Waals surface area contributed by atoms with E-state index < -0.39 is 10.0 Å². The van der Waals surface area contributed by atoms with Gasteiger partial charge in [-0.1, -0.05) is 12.1 Å². The van der Waals surface area contributed by atoms with Crippen molar-refractivity contribution in [3.05, 3.63) is 48.0 Å². The van der Waals surface area contributed by atoms with Crippen molar-refractivity contribution in [3.8, 4) is 5.75 Å². The molecule has 158 valence electrons. The van der Waals surface area contributed by atoms with E-state index in [1.807, 2.05) is 44.4 Å². The van der Waals surface area contributed by atoms with Crippen LogP contribution in [0, 0.1) is 0 Å². The fourth-order valence-corrected chi connectivity index (χ4v) is 4.36. The third-order valence-electron chi connectivity index (χ3n) is 4.02. The summed E-state index contributed by atoms with van der Waals surface area (Å²) >= 11 is 1.44. The van der Waals surface area contributed by atoms with Gasteiger partial charge in [-0.15, -0.1) is 11.8 Å². The number of sulfonamides is 1. The lowest BCUT2D eigenvalue weighted by atomic mass is 10.1. The SMILES string of the molecule is CSc1ccc(S(=O)(=O)NCCCc2ccc(OC(C)C)cc2)cc1NC(C)=O. The zero-order valence-corrected chi connectivity index (χ0v) is 18.8. The van der Waals surface area contributed by atoms with Gasteiger partial charge >= 0.3 is 0 Å². The van der Waals surface area contributed by atoms with E-state index in [0.717, 1.165) is 22.6 Å². The summed E-state index contributed by atoms with van der Waals surface area (Å²) in [6.45, 7) is 5.68. The Kier molecular flexibility index (Phi) is 8.55. The molecule has 2 N–H and O–H groups in total. The van der Waals surface area contributed by atoms with Crippen LogP contribution in [0.15, 0.2) is 52.3 Å². The maximum Gasteiger partial charge on any atom is 0.240 e. The average molecular weight is 437 g/mol. The molecule has 2 aromatic carbocycles. The molecule has 0 atom stereocenters. The molecular weight excluding hydrogens is 408 g/mol. The van der Waals surface area contributed by atoms with Crippen LogP contribution < -0.4 is 14.8 Å². The highest BCUT2D eigenvalue weighted by molar-refractivity contribution is 7.98. The Bertz CT molecular complexity index is 926. The van der Waals surface area contributed by atoms with Crippen molar-refractivity contribution in [1.82, 2.24) is 4.72 Å². The topological polar surface area (TPSA) is 84.5 Å². The van der Waals surface area contributed by atoms with E-state index in [9.17, 15) is 13.2 Å². The molecule has 0 aliphatic heterocycles. The second kappa shape index (κ2) is 10.7. The number of aryl methyl sites for hydroxylation is 1. The summed E-state index contributed by atoms with van der Waals surface area (Å²) in [5.41, 5.74) is 1.62. The zero-order chi connectivity index (χ0) is 21.4. The first-order valence-electron chi connectivity index (χ1n) is 9.42. The monoisotopic (exact) mass is 436 g/mol. The molecule has 0 radical (unpaired) electrons. The quantitative estimate of drug-likeness (QED) is 0.433. The smallest absolute Gasteiger partial charge is 0.240 e. The molecule has 0 fully saturated rings. The van der Waals surface area contributed by atoms with E-state index in [1.165, 1.54) is 24.8 Å². The Morgan fingerprint density at radius 2 is 1.83 bits per heavy atom. The number of rotatable bonds is 10. The minimum absolute atomic E-state index is 0.131. The Hall–Kier alpha value is -2.03. The van der Waals surface area contributed by atoms with Gasteiger partial charge in [-0.25, -0.2) is 13.1 Å². The molecule has 0 aromatic heterocycles. The first kappa shape index (κ1) is 23.3. The Morgan fingerprint density at radius 1 is 1.14 bits per heavy atom. The van der Waals surface area contributed by atoms with Gasteiger partial charge in [-0.2, -0.15) is 0 Å². The zero-order valence-electron chi connectivity index (χ0n) is 17.2. The van der Waals surface area contributed by atoms with Crippen molar-refractivity contribution in [2.45, 2.75) is 49.5 Å². The van der Waals surface area contributed by atoms with E-state index in [0.29, 0.717) is 18.7 Å². The molecule has 0 unspecified atom stereocenters. The molecular formula is C21H28N2O4S2. The number of thioether (sulfide) groups is 1.